The second kappa shape index (κ2) is 10.3. The van der Waals surface area contributed by atoms with Crippen LogP contribution >= 0.6 is 11.6 Å². The topological polar surface area (TPSA) is 105 Å². The number of benzene rings is 1. The number of carbonyl (C=O) groups is 2. The average Bonchev–Trinajstić information content (AvgIpc) is 3.62. The third kappa shape index (κ3) is 6.08. The maximum absolute atomic E-state index is 14.7. The Bertz CT molecular complexity index is 1250. The number of amides is 3. The largest absolute Gasteiger partial charge is 0.454 e. The fraction of sp³-hybridized carbons (Fsp3) is 0.167. The summed E-state index contributed by atoms with van der Waals surface area (Å²) in [6, 6.07) is 4.90. The summed E-state index contributed by atoms with van der Waals surface area (Å²) in [4.78, 5) is 31.6. The van der Waals surface area contributed by atoms with Gasteiger partial charge in [-0.3, -0.25) is 4.79 Å². The van der Waals surface area contributed by atoms with E-state index in [-0.39, 0.29) is 22.4 Å². The van der Waals surface area contributed by atoms with Crippen molar-refractivity contribution in [3.05, 3.63) is 77.5 Å². The van der Waals surface area contributed by atoms with Crippen LogP contribution in [0.3, 0.4) is 0 Å². The van der Waals surface area contributed by atoms with E-state index in [1.807, 2.05) is 12.2 Å². The summed E-state index contributed by atoms with van der Waals surface area (Å²) < 4.78 is 20.3. The molecule has 3 N–H and O–H groups in total. The lowest BCUT2D eigenvalue weighted by atomic mass is 10.1. The zero-order chi connectivity index (χ0) is 24.1. The Morgan fingerprint density at radius 3 is 2.79 bits per heavy atom. The summed E-state index contributed by atoms with van der Waals surface area (Å²) in [5.74, 6) is -0.399. The first-order valence-electron chi connectivity index (χ1n) is 10.5. The minimum atomic E-state index is -0.711. The SMILES string of the molecule is C=CC(=O)NC1=C(Nc2cc(Oc3cc(Cl)c(NC(=O)N=C4CC4)cc3F)ccn2)C=CCC1. The third-order valence-electron chi connectivity index (χ3n) is 4.85. The minimum Gasteiger partial charge on any atom is -0.454 e. The lowest BCUT2D eigenvalue weighted by Gasteiger charge is -2.18. The maximum Gasteiger partial charge on any atom is 0.345 e. The number of aromatic nitrogens is 1. The van der Waals surface area contributed by atoms with E-state index in [0.29, 0.717) is 29.4 Å². The number of nitrogens with zero attached hydrogens (tertiary/aromatic N) is 2. The number of aliphatic imine (C=N–C) groups is 1. The predicted molar refractivity (Wildman–Crippen MR) is 129 cm³/mol. The molecule has 1 heterocycles. The van der Waals surface area contributed by atoms with E-state index >= 15 is 0 Å². The summed E-state index contributed by atoms with van der Waals surface area (Å²) >= 11 is 6.20. The number of allylic oxidation sites excluding steroid dienone is 3. The van der Waals surface area contributed by atoms with Gasteiger partial charge in [0.2, 0.25) is 5.91 Å². The molecule has 0 bridgehead atoms. The van der Waals surface area contributed by atoms with E-state index in [9.17, 15) is 14.0 Å². The number of anilines is 2. The summed E-state index contributed by atoms with van der Waals surface area (Å²) in [7, 11) is 0. The summed E-state index contributed by atoms with van der Waals surface area (Å²) in [5.41, 5.74) is 2.28. The van der Waals surface area contributed by atoms with E-state index in [4.69, 9.17) is 16.3 Å². The minimum absolute atomic E-state index is 0.101. The number of hydrogen-bond donors (Lipinski definition) is 3. The van der Waals surface area contributed by atoms with Crippen molar-refractivity contribution in [2.24, 2.45) is 4.99 Å². The number of urea groups is 1. The Morgan fingerprint density at radius 1 is 1.21 bits per heavy atom. The fourth-order valence-corrected chi connectivity index (χ4v) is 3.28. The quantitative estimate of drug-likeness (QED) is 0.439. The van der Waals surface area contributed by atoms with Crippen LogP contribution in [0.1, 0.15) is 25.7 Å². The second-order valence-corrected chi connectivity index (χ2v) is 7.91. The van der Waals surface area contributed by atoms with Crippen molar-refractivity contribution < 1.29 is 18.7 Å². The maximum atomic E-state index is 14.7. The molecular weight excluding hydrogens is 461 g/mol. The van der Waals surface area contributed by atoms with Gasteiger partial charge in [-0.1, -0.05) is 24.3 Å². The van der Waals surface area contributed by atoms with Crippen molar-refractivity contribution in [3.63, 3.8) is 0 Å². The molecule has 0 aliphatic heterocycles. The Balaban J connectivity index is 1.49. The standard InChI is InChI=1S/C24H21ClFN5O3/c1-2-23(32)30-19-6-4-3-5-18(19)29-22-11-15(9-10-27-22)34-21-12-16(25)20(13-17(21)26)31-24(33)28-14-7-8-14/h2-3,5,9-13H,1,4,6-8H2,(H,27,29)(H,30,32)(H,31,33). The number of hydrogen-bond acceptors (Lipinski definition) is 5. The normalized spacial score (nSPS) is 14.4. The van der Waals surface area contributed by atoms with E-state index in [2.05, 4.69) is 32.5 Å². The fourth-order valence-electron chi connectivity index (χ4n) is 3.08. The highest BCUT2D eigenvalue weighted by Crippen LogP contribution is 2.33. The van der Waals surface area contributed by atoms with Crippen LogP contribution in [0.5, 0.6) is 11.5 Å². The molecule has 3 amide bonds. The van der Waals surface area contributed by atoms with Crippen LogP contribution in [0.15, 0.2) is 71.7 Å². The molecule has 1 aromatic carbocycles. The number of rotatable bonds is 7. The summed E-state index contributed by atoms with van der Waals surface area (Å²) in [5, 5.41) is 8.50. The molecule has 0 unspecified atom stereocenters. The highest BCUT2D eigenvalue weighted by molar-refractivity contribution is 6.34. The molecule has 1 fully saturated rings. The molecule has 174 valence electrons. The van der Waals surface area contributed by atoms with E-state index in [1.54, 1.807) is 12.1 Å². The van der Waals surface area contributed by atoms with Gasteiger partial charge in [-0.2, -0.15) is 0 Å². The predicted octanol–water partition coefficient (Wildman–Crippen LogP) is 5.71. The first kappa shape index (κ1) is 23.2. The van der Waals surface area contributed by atoms with Crippen molar-refractivity contribution in [1.82, 2.24) is 10.3 Å². The van der Waals surface area contributed by atoms with Gasteiger partial charge in [0.25, 0.3) is 0 Å². The number of pyridine rings is 1. The second-order valence-electron chi connectivity index (χ2n) is 7.50. The lowest BCUT2D eigenvalue weighted by molar-refractivity contribution is -0.115. The van der Waals surface area contributed by atoms with Crippen LogP contribution in [0.25, 0.3) is 0 Å². The van der Waals surface area contributed by atoms with Gasteiger partial charge in [-0.15, -0.1) is 0 Å². The molecular formula is C24H21ClFN5O3. The van der Waals surface area contributed by atoms with Crippen molar-refractivity contribution in [1.29, 1.82) is 0 Å². The molecule has 4 rings (SSSR count). The van der Waals surface area contributed by atoms with Gasteiger partial charge in [-0.25, -0.2) is 19.2 Å². The number of ether oxygens (including phenoxy) is 1. The van der Waals surface area contributed by atoms with Crippen LogP contribution in [-0.2, 0) is 4.79 Å². The molecule has 0 saturated heterocycles. The molecule has 0 atom stereocenters. The highest BCUT2D eigenvalue weighted by Gasteiger charge is 2.17. The molecule has 0 radical (unpaired) electrons. The van der Waals surface area contributed by atoms with Gasteiger partial charge >= 0.3 is 6.03 Å². The van der Waals surface area contributed by atoms with E-state index in [1.165, 1.54) is 18.3 Å². The average molecular weight is 482 g/mol. The first-order chi connectivity index (χ1) is 16.4. The molecule has 2 aliphatic carbocycles. The molecule has 0 spiro atoms. The zero-order valence-corrected chi connectivity index (χ0v) is 18.8. The third-order valence-corrected chi connectivity index (χ3v) is 5.16. The van der Waals surface area contributed by atoms with Gasteiger partial charge in [0.05, 0.1) is 16.4 Å². The van der Waals surface area contributed by atoms with Crippen LogP contribution in [0, 0.1) is 5.82 Å². The molecule has 34 heavy (non-hydrogen) atoms. The molecule has 10 heteroatoms. The zero-order valence-electron chi connectivity index (χ0n) is 18.0. The van der Waals surface area contributed by atoms with Gasteiger partial charge in [0.15, 0.2) is 11.6 Å². The van der Waals surface area contributed by atoms with E-state index < -0.39 is 11.8 Å². The number of carbonyl (C=O) groups excluding carboxylic acids is 2. The monoisotopic (exact) mass is 481 g/mol. The van der Waals surface area contributed by atoms with Gasteiger partial charge in [0.1, 0.15) is 11.6 Å². The van der Waals surface area contributed by atoms with Crippen LogP contribution < -0.4 is 20.7 Å². The Kier molecular flexibility index (Phi) is 7.03. The Labute approximate surface area is 200 Å². The van der Waals surface area contributed by atoms with Crippen molar-refractivity contribution in [2.75, 3.05) is 10.6 Å². The molecule has 2 aliphatic rings. The van der Waals surface area contributed by atoms with Crippen molar-refractivity contribution in [2.45, 2.75) is 25.7 Å². The molecule has 2 aromatic rings. The van der Waals surface area contributed by atoms with E-state index in [0.717, 1.165) is 31.0 Å². The smallest absolute Gasteiger partial charge is 0.345 e. The van der Waals surface area contributed by atoms with Crippen LogP contribution in [-0.4, -0.2) is 22.6 Å². The highest BCUT2D eigenvalue weighted by atomic mass is 35.5. The van der Waals surface area contributed by atoms with Gasteiger partial charge in [0, 0.05) is 35.8 Å². The molecule has 8 nitrogen and oxygen atoms in total. The summed E-state index contributed by atoms with van der Waals surface area (Å²) in [6.07, 6.45) is 9.54. The van der Waals surface area contributed by atoms with Crippen molar-refractivity contribution in [3.8, 4) is 11.5 Å². The first-order valence-corrected chi connectivity index (χ1v) is 10.9. The Morgan fingerprint density at radius 2 is 2.03 bits per heavy atom. The summed E-state index contributed by atoms with van der Waals surface area (Å²) in [6.45, 7) is 3.46. The van der Waals surface area contributed by atoms with Crippen LogP contribution in [0.2, 0.25) is 5.02 Å². The molecule has 1 saturated carbocycles. The Hall–Kier alpha value is -3.98. The van der Waals surface area contributed by atoms with Crippen LogP contribution in [0.4, 0.5) is 20.7 Å². The number of halogens is 2. The lowest BCUT2D eigenvalue weighted by Crippen LogP contribution is -2.24. The van der Waals surface area contributed by atoms with Gasteiger partial charge < -0.3 is 20.7 Å². The molecule has 1 aromatic heterocycles. The van der Waals surface area contributed by atoms with Gasteiger partial charge in [-0.05, 0) is 43.9 Å². The van der Waals surface area contributed by atoms with Crippen molar-refractivity contribution >= 4 is 40.8 Å². The number of nitrogens with one attached hydrogen (secondary N) is 3.